The molecule has 0 N–H and O–H groups in total. The Morgan fingerprint density at radius 3 is 2.27 bits per heavy atom. The second-order valence-electron chi connectivity index (χ2n) is 5.83. The van der Waals surface area contributed by atoms with Crippen LogP contribution in [0.2, 0.25) is 0 Å². The number of rotatable bonds is 4. The molecule has 4 aromatic rings. The molecule has 0 bridgehead atoms. The van der Waals surface area contributed by atoms with Crippen LogP contribution in [-0.4, -0.2) is 24.0 Å². The Morgan fingerprint density at radius 2 is 1.62 bits per heavy atom. The summed E-state index contributed by atoms with van der Waals surface area (Å²) in [7, 11) is 3.32. The molecule has 0 aliphatic carbocycles. The van der Waals surface area contributed by atoms with Gasteiger partial charge in [-0.25, -0.2) is 4.68 Å². The maximum Gasteiger partial charge on any atom is 0.134 e. The third-order valence-corrected chi connectivity index (χ3v) is 4.82. The van der Waals surface area contributed by atoms with Crippen molar-refractivity contribution in [3.63, 3.8) is 0 Å². The number of hydrogen-bond donors (Lipinski definition) is 0. The summed E-state index contributed by atoms with van der Waals surface area (Å²) in [5, 5.41) is 5.87. The lowest BCUT2D eigenvalue weighted by molar-refractivity contribution is 0.398. The molecule has 130 valence electrons. The molecule has 0 aliphatic rings. The highest BCUT2D eigenvalue weighted by atomic mass is 79.9. The summed E-state index contributed by atoms with van der Waals surface area (Å²) in [6, 6.07) is 22.0. The van der Waals surface area contributed by atoms with Crippen molar-refractivity contribution in [3.05, 3.63) is 71.2 Å². The number of halogens is 1. The highest BCUT2D eigenvalue weighted by Crippen LogP contribution is 2.39. The molecule has 0 amide bonds. The van der Waals surface area contributed by atoms with Crippen LogP contribution in [0.5, 0.6) is 11.5 Å². The largest absolute Gasteiger partial charge is 0.497 e. The summed E-state index contributed by atoms with van der Waals surface area (Å²) in [4.78, 5) is 0. The van der Waals surface area contributed by atoms with E-state index in [-0.39, 0.29) is 0 Å². The minimum Gasteiger partial charge on any atom is -0.497 e. The van der Waals surface area contributed by atoms with E-state index in [1.807, 2.05) is 71.4 Å². The second-order valence-corrected chi connectivity index (χ2v) is 6.74. The number of para-hydroxylation sites is 1. The molecular weight excluding hydrogens is 392 g/mol. The Labute approximate surface area is 160 Å². The molecule has 0 spiro atoms. The molecule has 4 rings (SSSR count). The number of nitrogens with zero attached hydrogens (tertiary/aromatic N) is 2. The normalized spacial score (nSPS) is 10.9. The van der Waals surface area contributed by atoms with Gasteiger partial charge < -0.3 is 9.47 Å². The van der Waals surface area contributed by atoms with Gasteiger partial charge in [0.2, 0.25) is 0 Å². The number of aromatic nitrogens is 2. The third kappa shape index (κ3) is 2.84. The fourth-order valence-corrected chi connectivity index (χ4v) is 3.30. The van der Waals surface area contributed by atoms with Gasteiger partial charge in [-0.2, -0.15) is 5.10 Å². The van der Waals surface area contributed by atoms with E-state index in [0.717, 1.165) is 43.8 Å². The molecule has 4 nitrogen and oxygen atoms in total. The minimum absolute atomic E-state index is 0.730. The van der Waals surface area contributed by atoms with Gasteiger partial charge in [-0.05, 0) is 24.3 Å². The van der Waals surface area contributed by atoms with Crippen molar-refractivity contribution in [2.75, 3.05) is 14.2 Å². The monoisotopic (exact) mass is 408 g/mol. The van der Waals surface area contributed by atoms with Crippen molar-refractivity contribution in [1.29, 1.82) is 0 Å². The summed E-state index contributed by atoms with van der Waals surface area (Å²) < 4.78 is 14.1. The number of hydrogen-bond acceptors (Lipinski definition) is 3. The first kappa shape index (κ1) is 16.7. The Kier molecular flexibility index (Phi) is 4.39. The highest BCUT2D eigenvalue weighted by Gasteiger charge is 2.19. The van der Waals surface area contributed by atoms with Crippen LogP contribution < -0.4 is 9.47 Å². The summed E-state index contributed by atoms with van der Waals surface area (Å²) in [6.45, 7) is 0. The van der Waals surface area contributed by atoms with Gasteiger partial charge in [-0.1, -0.05) is 46.3 Å². The zero-order valence-corrected chi connectivity index (χ0v) is 16.0. The number of benzene rings is 3. The molecule has 0 aliphatic heterocycles. The summed E-state index contributed by atoms with van der Waals surface area (Å²) in [5.41, 5.74) is 3.81. The lowest BCUT2D eigenvalue weighted by Gasteiger charge is -2.08. The Hall–Kier alpha value is -2.79. The standard InChI is InChI=1S/C21H17BrN2O2/c1-25-17-12-18-20(19(13-17)26-2)21(14-8-10-15(22)11-9-14)23-24(18)16-6-4-3-5-7-16/h3-13H,1-2H3. The van der Waals surface area contributed by atoms with E-state index in [1.165, 1.54) is 0 Å². The van der Waals surface area contributed by atoms with Crippen molar-refractivity contribution in [2.45, 2.75) is 0 Å². The lowest BCUT2D eigenvalue weighted by atomic mass is 10.1. The van der Waals surface area contributed by atoms with Crippen LogP contribution in [0.1, 0.15) is 0 Å². The van der Waals surface area contributed by atoms with E-state index in [2.05, 4.69) is 15.9 Å². The zero-order valence-electron chi connectivity index (χ0n) is 14.4. The minimum atomic E-state index is 0.730. The van der Waals surface area contributed by atoms with Crippen molar-refractivity contribution in [1.82, 2.24) is 9.78 Å². The average Bonchev–Trinajstić information content (AvgIpc) is 3.08. The van der Waals surface area contributed by atoms with Crippen molar-refractivity contribution in [3.8, 4) is 28.4 Å². The van der Waals surface area contributed by atoms with Gasteiger partial charge in [0.05, 0.1) is 30.8 Å². The van der Waals surface area contributed by atoms with Crippen molar-refractivity contribution >= 4 is 26.8 Å². The Balaban J connectivity index is 2.07. The molecule has 1 heterocycles. The smallest absolute Gasteiger partial charge is 0.134 e. The van der Waals surface area contributed by atoms with Gasteiger partial charge in [0.25, 0.3) is 0 Å². The zero-order chi connectivity index (χ0) is 18.1. The van der Waals surface area contributed by atoms with Crippen LogP contribution in [0.25, 0.3) is 27.8 Å². The molecule has 0 saturated carbocycles. The van der Waals surface area contributed by atoms with Gasteiger partial charge >= 0.3 is 0 Å². The fourth-order valence-electron chi connectivity index (χ4n) is 3.04. The highest BCUT2D eigenvalue weighted by molar-refractivity contribution is 9.10. The van der Waals surface area contributed by atoms with Crippen LogP contribution in [-0.2, 0) is 0 Å². The predicted molar refractivity (Wildman–Crippen MR) is 107 cm³/mol. The van der Waals surface area contributed by atoms with Crippen LogP contribution >= 0.6 is 15.9 Å². The van der Waals surface area contributed by atoms with E-state index in [9.17, 15) is 0 Å². The first-order valence-corrected chi connectivity index (χ1v) is 8.96. The third-order valence-electron chi connectivity index (χ3n) is 4.29. The molecule has 26 heavy (non-hydrogen) atoms. The molecule has 1 aromatic heterocycles. The molecule has 5 heteroatoms. The van der Waals surface area contributed by atoms with E-state index >= 15 is 0 Å². The maximum absolute atomic E-state index is 5.66. The summed E-state index contributed by atoms with van der Waals surface area (Å²) >= 11 is 3.49. The Morgan fingerprint density at radius 1 is 0.885 bits per heavy atom. The van der Waals surface area contributed by atoms with E-state index in [1.54, 1.807) is 14.2 Å². The van der Waals surface area contributed by atoms with E-state index < -0.39 is 0 Å². The molecule has 0 saturated heterocycles. The van der Waals surface area contributed by atoms with Crippen LogP contribution in [0.4, 0.5) is 0 Å². The van der Waals surface area contributed by atoms with Crippen LogP contribution in [0.3, 0.4) is 0 Å². The molecule has 0 radical (unpaired) electrons. The molecule has 0 unspecified atom stereocenters. The summed E-state index contributed by atoms with van der Waals surface area (Å²) in [6.07, 6.45) is 0. The molecule has 0 atom stereocenters. The van der Waals surface area contributed by atoms with Gasteiger partial charge in [0.15, 0.2) is 0 Å². The molecule has 3 aromatic carbocycles. The Bertz CT molecular complexity index is 1060. The van der Waals surface area contributed by atoms with Crippen LogP contribution in [0, 0.1) is 0 Å². The SMILES string of the molecule is COc1cc(OC)c2c(-c3ccc(Br)cc3)nn(-c3ccccc3)c2c1. The van der Waals surface area contributed by atoms with Gasteiger partial charge in [0, 0.05) is 22.2 Å². The molecule has 0 fully saturated rings. The number of methoxy groups -OCH3 is 2. The van der Waals surface area contributed by atoms with Gasteiger partial charge in [0.1, 0.15) is 17.2 Å². The fraction of sp³-hybridized carbons (Fsp3) is 0.0952. The van der Waals surface area contributed by atoms with E-state index in [4.69, 9.17) is 14.6 Å². The molecular formula is C21H17BrN2O2. The first-order valence-electron chi connectivity index (χ1n) is 8.17. The number of ether oxygens (including phenoxy) is 2. The van der Waals surface area contributed by atoms with E-state index in [0.29, 0.717) is 0 Å². The average molecular weight is 409 g/mol. The summed E-state index contributed by atoms with van der Waals surface area (Å²) in [5.74, 6) is 1.47. The predicted octanol–water partition coefficient (Wildman–Crippen LogP) is 5.47. The van der Waals surface area contributed by atoms with Gasteiger partial charge in [-0.15, -0.1) is 0 Å². The topological polar surface area (TPSA) is 36.3 Å². The van der Waals surface area contributed by atoms with Crippen molar-refractivity contribution < 1.29 is 9.47 Å². The first-order chi connectivity index (χ1) is 12.7. The lowest BCUT2D eigenvalue weighted by Crippen LogP contribution is -1.96. The van der Waals surface area contributed by atoms with Crippen LogP contribution in [0.15, 0.2) is 71.2 Å². The quantitative estimate of drug-likeness (QED) is 0.448. The second kappa shape index (κ2) is 6.84. The maximum atomic E-state index is 5.66. The van der Waals surface area contributed by atoms with Crippen molar-refractivity contribution in [2.24, 2.45) is 0 Å². The van der Waals surface area contributed by atoms with Gasteiger partial charge in [-0.3, -0.25) is 0 Å². The number of fused-ring (bicyclic) bond motifs is 1.